The Balaban J connectivity index is 1.55. The number of likely N-dealkylation sites (tertiary alicyclic amines) is 1. The molecule has 168 valence electrons. The number of halogens is 1. The van der Waals surface area contributed by atoms with Crippen LogP contribution in [-0.2, 0) is 21.0 Å². The minimum Gasteiger partial charge on any atom is -0.504 e. The van der Waals surface area contributed by atoms with E-state index in [2.05, 4.69) is 0 Å². The first kappa shape index (κ1) is 21.3. The summed E-state index contributed by atoms with van der Waals surface area (Å²) < 4.78 is 5.27. The zero-order valence-electron chi connectivity index (χ0n) is 17.7. The quantitative estimate of drug-likeness (QED) is 0.573. The Morgan fingerprint density at radius 1 is 1.00 bits per heavy atom. The maximum Gasteiger partial charge on any atom is 0.262 e. The van der Waals surface area contributed by atoms with Gasteiger partial charge in [-0.15, -0.1) is 0 Å². The monoisotopic (exact) mass is 464 g/mol. The van der Waals surface area contributed by atoms with Gasteiger partial charge >= 0.3 is 0 Å². The van der Waals surface area contributed by atoms with Crippen LogP contribution in [0, 0.1) is 5.92 Å². The van der Waals surface area contributed by atoms with Crippen LogP contribution >= 0.6 is 11.6 Å². The molecule has 0 saturated carbocycles. The summed E-state index contributed by atoms with van der Waals surface area (Å²) in [4.78, 5) is 34.2. The Morgan fingerprint density at radius 3 is 2.42 bits per heavy atom. The number of imide groups is 1. The summed E-state index contributed by atoms with van der Waals surface area (Å²) in [7, 11) is 1.45. The van der Waals surface area contributed by atoms with Crippen LogP contribution in [0.4, 0.5) is 5.69 Å². The fraction of sp³-hybridized carbons (Fsp3) is 0.200. The molecule has 0 radical (unpaired) electrons. The van der Waals surface area contributed by atoms with Gasteiger partial charge < -0.3 is 9.84 Å². The van der Waals surface area contributed by atoms with Crippen molar-refractivity contribution >= 4 is 29.1 Å². The van der Waals surface area contributed by atoms with E-state index in [4.69, 9.17) is 21.2 Å². The molecular weight excluding hydrogens is 444 g/mol. The number of anilines is 1. The van der Waals surface area contributed by atoms with Gasteiger partial charge in [0.15, 0.2) is 17.6 Å². The van der Waals surface area contributed by atoms with E-state index in [0.29, 0.717) is 16.3 Å². The summed E-state index contributed by atoms with van der Waals surface area (Å²) in [6, 6.07) is 20.6. The molecule has 2 fully saturated rings. The number of benzene rings is 3. The zero-order valence-corrected chi connectivity index (χ0v) is 18.5. The molecule has 3 aromatic carbocycles. The van der Waals surface area contributed by atoms with Crippen LogP contribution in [0.5, 0.6) is 11.5 Å². The van der Waals surface area contributed by atoms with E-state index in [1.807, 2.05) is 30.3 Å². The summed E-state index contributed by atoms with van der Waals surface area (Å²) in [5.74, 6) is -1.19. The molecule has 3 atom stereocenters. The number of amides is 2. The lowest BCUT2D eigenvalue weighted by atomic mass is 9.90. The first-order valence-electron chi connectivity index (χ1n) is 10.5. The molecule has 2 aliphatic heterocycles. The molecule has 2 saturated heterocycles. The molecule has 2 amide bonds. The number of hydrogen-bond donors (Lipinski definition) is 1. The highest BCUT2D eigenvalue weighted by atomic mass is 35.5. The highest BCUT2D eigenvalue weighted by Crippen LogP contribution is 2.48. The molecule has 0 spiro atoms. The molecule has 2 aliphatic rings. The minimum atomic E-state index is -0.957. The fourth-order valence-corrected chi connectivity index (χ4v) is 4.55. The largest absolute Gasteiger partial charge is 0.504 e. The van der Waals surface area contributed by atoms with Crippen LogP contribution in [0.3, 0.4) is 0 Å². The number of ether oxygens (including phenoxy) is 1. The Labute approximate surface area is 195 Å². The molecule has 8 heteroatoms. The number of aromatic hydroxyl groups is 1. The number of methoxy groups -OCH3 is 1. The number of nitrogens with zero attached hydrogens (tertiary/aromatic N) is 2. The molecule has 7 nitrogen and oxygen atoms in total. The zero-order chi connectivity index (χ0) is 23.1. The van der Waals surface area contributed by atoms with E-state index in [-0.39, 0.29) is 29.9 Å². The van der Waals surface area contributed by atoms with Crippen molar-refractivity contribution in [3.05, 3.63) is 88.9 Å². The number of carbonyl (C=O) groups is 2. The van der Waals surface area contributed by atoms with E-state index < -0.39 is 18.1 Å². The molecule has 1 N–H and O–H groups in total. The summed E-state index contributed by atoms with van der Waals surface area (Å²) in [5, 5.41) is 12.2. The maximum absolute atomic E-state index is 13.5. The molecule has 3 unspecified atom stereocenters. The van der Waals surface area contributed by atoms with E-state index in [0.717, 1.165) is 5.56 Å². The average Bonchev–Trinajstić information content (AvgIpc) is 3.33. The van der Waals surface area contributed by atoms with Gasteiger partial charge in [-0.2, -0.15) is 0 Å². The highest BCUT2D eigenvalue weighted by Gasteiger charge is 2.59. The Morgan fingerprint density at radius 2 is 1.73 bits per heavy atom. The van der Waals surface area contributed by atoms with E-state index in [1.165, 1.54) is 18.1 Å². The van der Waals surface area contributed by atoms with E-state index in [1.54, 1.807) is 41.5 Å². The van der Waals surface area contributed by atoms with Gasteiger partial charge in [-0.1, -0.05) is 48.0 Å². The molecule has 3 aromatic rings. The first-order chi connectivity index (χ1) is 16.0. The molecular formula is C25H21ClN2O5. The Hall–Kier alpha value is -3.55. The van der Waals surface area contributed by atoms with E-state index in [9.17, 15) is 14.7 Å². The fourth-order valence-electron chi connectivity index (χ4n) is 4.42. The summed E-state index contributed by atoms with van der Waals surface area (Å²) in [6.07, 6.45) is -0.957. The number of fused-ring (bicyclic) bond motifs is 1. The first-order valence-corrected chi connectivity index (χ1v) is 10.8. The van der Waals surface area contributed by atoms with Crippen LogP contribution in [0.2, 0.25) is 5.02 Å². The Kier molecular flexibility index (Phi) is 5.44. The van der Waals surface area contributed by atoms with Crippen molar-refractivity contribution in [2.45, 2.75) is 18.7 Å². The van der Waals surface area contributed by atoms with Crippen molar-refractivity contribution in [3.8, 4) is 11.5 Å². The molecule has 0 aliphatic carbocycles. The van der Waals surface area contributed by atoms with Gasteiger partial charge in [0.1, 0.15) is 5.92 Å². The summed E-state index contributed by atoms with van der Waals surface area (Å²) in [6.45, 7) is 0.182. The lowest BCUT2D eigenvalue weighted by Gasteiger charge is -2.29. The van der Waals surface area contributed by atoms with E-state index >= 15 is 0 Å². The van der Waals surface area contributed by atoms with Crippen molar-refractivity contribution in [3.63, 3.8) is 0 Å². The van der Waals surface area contributed by atoms with Crippen LogP contribution in [0.1, 0.15) is 17.2 Å². The number of carbonyl (C=O) groups excluding carboxylic acids is 2. The standard InChI is InChI=1S/C25H21ClN2O5/c1-32-20-13-16(7-12-19(20)29)22-21-23(33-28(22)18-10-8-17(26)9-11-18)25(31)27(24(21)30)14-15-5-3-2-4-6-15/h2-13,21-23,29H,14H2,1H3. The predicted molar refractivity (Wildman–Crippen MR) is 122 cm³/mol. The number of phenols is 1. The lowest BCUT2D eigenvalue weighted by molar-refractivity contribution is -0.143. The summed E-state index contributed by atoms with van der Waals surface area (Å²) >= 11 is 6.05. The topological polar surface area (TPSA) is 79.3 Å². The molecule has 0 aromatic heterocycles. The van der Waals surface area contributed by atoms with Gasteiger partial charge in [-0.05, 0) is 47.5 Å². The SMILES string of the molecule is COc1cc(C2C3C(=O)N(Cc4ccccc4)C(=O)C3ON2c2ccc(Cl)cc2)ccc1O. The van der Waals surface area contributed by atoms with Gasteiger partial charge in [0.2, 0.25) is 5.91 Å². The van der Waals surface area contributed by atoms with Crippen molar-refractivity contribution < 1.29 is 24.3 Å². The second-order valence-corrected chi connectivity index (χ2v) is 8.41. The van der Waals surface area contributed by atoms with Gasteiger partial charge in [-0.25, -0.2) is 5.06 Å². The lowest BCUT2D eigenvalue weighted by Crippen LogP contribution is -2.36. The van der Waals surface area contributed by atoms with Crippen LogP contribution in [0.15, 0.2) is 72.8 Å². The highest BCUT2D eigenvalue weighted by molar-refractivity contribution is 6.30. The number of hydroxylamine groups is 1. The average molecular weight is 465 g/mol. The maximum atomic E-state index is 13.5. The second-order valence-electron chi connectivity index (χ2n) is 7.98. The molecule has 33 heavy (non-hydrogen) atoms. The van der Waals surface area contributed by atoms with Gasteiger partial charge in [0.05, 0.1) is 25.4 Å². The van der Waals surface area contributed by atoms with Crippen LogP contribution in [-0.4, -0.2) is 35.0 Å². The second kappa shape index (κ2) is 8.42. The number of hydrogen-bond acceptors (Lipinski definition) is 6. The third-order valence-corrected chi connectivity index (χ3v) is 6.27. The van der Waals surface area contributed by atoms with Crippen molar-refractivity contribution in [1.82, 2.24) is 4.90 Å². The minimum absolute atomic E-state index is 0.0192. The number of phenolic OH excluding ortho intramolecular Hbond substituents is 1. The smallest absolute Gasteiger partial charge is 0.262 e. The van der Waals surface area contributed by atoms with Gasteiger partial charge in [0.25, 0.3) is 5.91 Å². The van der Waals surface area contributed by atoms with Crippen molar-refractivity contribution in [1.29, 1.82) is 0 Å². The predicted octanol–water partition coefficient (Wildman–Crippen LogP) is 4.10. The Bertz CT molecular complexity index is 1200. The van der Waals surface area contributed by atoms with Crippen molar-refractivity contribution in [2.24, 2.45) is 5.92 Å². The normalized spacial score (nSPS) is 22.1. The third kappa shape index (κ3) is 3.69. The van der Waals surface area contributed by atoms with Gasteiger partial charge in [0, 0.05) is 5.02 Å². The molecule has 5 rings (SSSR count). The molecule has 0 bridgehead atoms. The van der Waals surface area contributed by atoms with Gasteiger partial charge in [-0.3, -0.25) is 19.3 Å². The summed E-state index contributed by atoms with van der Waals surface area (Å²) in [5.41, 5.74) is 2.19. The van der Waals surface area contributed by atoms with Crippen molar-refractivity contribution in [2.75, 3.05) is 12.2 Å². The van der Waals surface area contributed by atoms with Crippen LogP contribution < -0.4 is 9.80 Å². The van der Waals surface area contributed by atoms with Crippen LogP contribution in [0.25, 0.3) is 0 Å². The third-order valence-electron chi connectivity index (χ3n) is 6.02. The number of rotatable bonds is 5. The molecule has 2 heterocycles.